The second-order valence-corrected chi connectivity index (χ2v) is 5.38. The third-order valence-electron chi connectivity index (χ3n) is 2.54. The summed E-state index contributed by atoms with van der Waals surface area (Å²) < 4.78 is 1.11. The van der Waals surface area contributed by atoms with Gasteiger partial charge in [-0.3, -0.25) is 0 Å². The molecular weight excluding hydrogens is 252 g/mol. The molecule has 0 aromatic heterocycles. The van der Waals surface area contributed by atoms with E-state index in [2.05, 4.69) is 41.2 Å². The van der Waals surface area contributed by atoms with Crippen LogP contribution in [-0.2, 0) is 0 Å². The molecule has 3 N–H and O–H groups in total. The van der Waals surface area contributed by atoms with Crippen molar-refractivity contribution in [1.29, 1.82) is 0 Å². The lowest BCUT2D eigenvalue weighted by atomic mass is 9.90. The van der Waals surface area contributed by atoms with Gasteiger partial charge in [0.05, 0.1) is 0 Å². The average molecular weight is 271 g/mol. The van der Waals surface area contributed by atoms with Crippen LogP contribution in [0.5, 0.6) is 0 Å². The second kappa shape index (κ2) is 5.52. The van der Waals surface area contributed by atoms with Gasteiger partial charge in [0.15, 0.2) is 0 Å². The second-order valence-electron chi connectivity index (χ2n) is 4.52. The lowest BCUT2D eigenvalue weighted by Crippen LogP contribution is -2.26. The summed E-state index contributed by atoms with van der Waals surface area (Å²) in [6, 6.07) is 8.15. The van der Waals surface area contributed by atoms with Gasteiger partial charge in [-0.2, -0.15) is 0 Å². The molecule has 1 aromatic carbocycles. The van der Waals surface area contributed by atoms with E-state index in [-0.39, 0.29) is 5.41 Å². The van der Waals surface area contributed by atoms with E-state index < -0.39 is 0 Å². The summed E-state index contributed by atoms with van der Waals surface area (Å²) in [5.74, 6) is 0. The van der Waals surface area contributed by atoms with E-state index in [0.29, 0.717) is 0 Å². The first-order valence-electron chi connectivity index (χ1n) is 5.24. The minimum atomic E-state index is 0.217. The number of halogens is 1. The molecule has 0 atom stereocenters. The zero-order valence-electron chi connectivity index (χ0n) is 9.39. The Morgan fingerprint density at radius 1 is 1.33 bits per heavy atom. The Hall–Kier alpha value is -0.540. The molecule has 15 heavy (non-hydrogen) atoms. The number of anilines is 1. The van der Waals surface area contributed by atoms with Gasteiger partial charge >= 0.3 is 0 Å². The van der Waals surface area contributed by atoms with Gasteiger partial charge in [0.25, 0.3) is 0 Å². The van der Waals surface area contributed by atoms with E-state index >= 15 is 0 Å². The molecule has 0 radical (unpaired) electrons. The zero-order valence-corrected chi connectivity index (χ0v) is 11.0. The first-order valence-corrected chi connectivity index (χ1v) is 6.03. The van der Waals surface area contributed by atoms with Gasteiger partial charge < -0.3 is 11.1 Å². The number of hydrogen-bond acceptors (Lipinski definition) is 2. The molecule has 84 valence electrons. The Balaban J connectivity index is 2.42. The maximum Gasteiger partial charge on any atom is 0.0484 e. The predicted molar refractivity (Wildman–Crippen MR) is 70.1 cm³/mol. The lowest BCUT2D eigenvalue weighted by Gasteiger charge is -2.22. The number of rotatable bonds is 5. The SMILES string of the molecule is CC(C)(CN)CCNc1ccccc1Br. The maximum atomic E-state index is 5.68. The standard InChI is InChI=1S/C12H19BrN2/c1-12(2,9-14)7-8-15-11-6-4-3-5-10(11)13/h3-6,15H,7-9,14H2,1-2H3. The number of benzene rings is 1. The molecule has 0 aliphatic carbocycles. The fourth-order valence-electron chi connectivity index (χ4n) is 1.24. The Labute approximate surface area is 100 Å². The van der Waals surface area contributed by atoms with E-state index in [1.54, 1.807) is 0 Å². The highest BCUT2D eigenvalue weighted by molar-refractivity contribution is 9.10. The molecule has 0 aliphatic heterocycles. The van der Waals surface area contributed by atoms with E-state index in [9.17, 15) is 0 Å². The first-order chi connectivity index (χ1) is 7.05. The summed E-state index contributed by atoms with van der Waals surface area (Å²) in [5.41, 5.74) is 7.04. The van der Waals surface area contributed by atoms with Crippen molar-refractivity contribution in [3.8, 4) is 0 Å². The van der Waals surface area contributed by atoms with Crippen LogP contribution in [0.4, 0.5) is 5.69 Å². The highest BCUT2D eigenvalue weighted by Gasteiger charge is 2.14. The van der Waals surface area contributed by atoms with Crippen molar-refractivity contribution >= 4 is 21.6 Å². The van der Waals surface area contributed by atoms with E-state index in [0.717, 1.165) is 29.7 Å². The highest BCUT2D eigenvalue weighted by atomic mass is 79.9. The van der Waals surface area contributed by atoms with Crippen molar-refractivity contribution < 1.29 is 0 Å². The minimum Gasteiger partial charge on any atom is -0.384 e. The van der Waals surface area contributed by atoms with Crippen LogP contribution in [0.25, 0.3) is 0 Å². The third kappa shape index (κ3) is 4.22. The first kappa shape index (κ1) is 12.5. The minimum absolute atomic E-state index is 0.217. The van der Waals surface area contributed by atoms with Gasteiger partial charge in [0, 0.05) is 16.7 Å². The largest absolute Gasteiger partial charge is 0.384 e. The van der Waals surface area contributed by atoms with Gasteiger partial charge in [-0.15, -0.1) is 0 Å². The number of nitrogens with two attached hydrogens (primary N) is 1. The molecule has 0 fully saturated rings. The number of para-hydroxylation sites is 1. The van der Waals surface area contributed by atoms with Crippen molar-refractivity contribution in [3.05, 3.63) is 28.7 Å². The summed E-state index contributed by atoms with van der Waals surface area (Å²) in [6.45, 7) is 6.06. The Kier molecular flexibility index (Phi) is 4.61. The molecule has 0 amide bonds. The molecule has 0 bridgehead atoms. The van der Waals surface area contributed by atoms with Crippen LogP contribution >= 0.6 is 15.9 Å². The molecule has 3 heteroatoms. The van der Waals surface area contributed by atoms with Crippen LogP contribution in [0, 0.1) is 5.41 Å². The summed E-state index contributed by atoms with van der Waals surface area (Å²) in [7, 11) is 0. The number of nitrogens with one attached hydrogen (secondary N) is 1. The Morgan fingerprint density at radius 2 is 2.00 bits per heavy atom. The van der Waals surface area contributed by atoms with Crippen molar-refractivity contribution in [2.45, 2.75) is 20.3 Å². The molecule has 0 saturated carbocycles. The quantitative estimate of drug-likeness (QED) is 0.862. The Morgan fingerprint density at radius 3 is 2.60 bits per heavy atom. The summed E-state index contributed by atoms with van der Waals surface area (Å²) >= 11 is 3.51. The molecule has 1 aromatic rings. The van der Waals surface area contributed by atoms with E-state index in [1.165, 1.54) is 0 Å². The van der Waals surface area contributed by atoms with Crippen LogP contribution < -0.4 is 11.1 Å². The molecule has 0 spiro atoms. The normalized spacial score (nSPS) is 11.5. The summed E-state index contributed by atoms with van der Waals surface area (Å²) in [4.78, 5) is 0. The van der Waals surface area contributed by atoms with Gasteiger partial charge in [-0.05, 0) is 46.4 Å². The van der Waals surface area contributed by atoms with Crippen molar-refractivity contribution in [1.82, 2.24) is 0 Å². The van der Waals surface area contributed by atoms with Crippen molar-refractivity contribution in [3.63, 3.8) is 0 Å². The van der Waals surface area contributed by atoms with E-state index in [1.807, 2.05) is 18.2 Å². The average Bonchev–Trinajstić information content (AvgIpc) is 2.21. The Bertz CT molecular complexity index is 310. The number of hydrogen-bond donors (Lipinski definition) is 2. The molecule has 0 unspecified atom stereocenters. The monoisotopic (exact) mass is 270 g/mol. The van der Waals surface area contributed by atoms with Crippen LogP contribution in [0.3, 0.4) is 0 Å². The van der Waals surface area contributed by atoms with Gasteiger partial charge in [-0.25, -0.2) is 0 Å². The predicted octanol–water partition coefficient (Wildman–Crippen LogP) is 3.24. The van der Waals surface area contributed by atoms with Gasteiger partial charge in [0.2, 0.25) is 0 Å². The van der Waals surface area contributed by atoms with Gasteiger partial charge in [-0.1, -0.05) is 26.0 Å². The molecule has 0 saturated heterocycles. The van der Waals surface area contributed by atoms with Crippen LogP contribution in [0.2, 0.25) is 0 Å². The lowest BCUT2D eigenvalue weighted by molar-refractivity contribution is 0.358. The molecule has 1 rings (SSSR count). The highest BCUT2D eigenvalue weighted by Crippen LogP contribution is 2.23. The fraction of sp³-hybridized carbons (Fsp3) is 0.500. The zero-order chi connectivity index (χ0) is 11.3. The smallest absolute Gasteiger partial charge is 0.0484 e. The summed E-state index contributed by atoms with van der Waals surface area (Å²) in [5, 5.41) is 3.40. The molecule has 0 aliphatic rings. The van der Waals surface area contributed by atoms with Crippen molar-refractivity contribution in [2.24, 2.45) is 11.1 Å². The topological polar surface area (TPSA) is 38.0 Å². The third-order valence-corrected chi connectivity index (χ3v) is 3.24. The van der Waals surface area contributed by atoms with Crippen molar-refractivity contribution in [2.75, 3.05) is 18.4 Å². The fourth-order valence-corrected chi connectivity index (χ4v) is 1.67. The molecule has 2 nitrogen and oxygen atoms in total. The maximum absolute atomic E-state index is 5.68. The van der Waals surface area contributed by atoms with Gasteiger partial charge in [0.1, 0.15) is 0 Å². The van der Waals surface area contributed by atoms with Crippen LogP contribution in [0.1, 0.15) is 20.3 Å². The van der Waals surface area contributed by atoms with E-state index in [4.69, 9.17) is 5.73 Å². The molecular formula is C12H19BrN2. The van der Waals surface area contributed by atoms with Crippen LogP contribution in [0.15, 0.2) is 28.7 Å². The summed E-state index contributed by atoms with van der Waals surface area (Å²) in [6.07, 6.45) is 1.07. The molecule has 0 heterocycles. The van der Waals surface area contributed by atoms with Crippen LogP contribution in [-0.4, -0.2) is 13.1 Å².